The molecule has 3 nitrogen and oxygen atoms in total. The van der Waals surface area contributed by atoms with Crippen molar-refractivity contribution in [1.82, 2.24) is 4.90 Å². The lowest BCUT2D eigenvalue weighted by molar-refractivity contribution is 0.241. The fourth-order valence-electron chi connectivity index (χ4n) is 2.99. The number of benzene rings is 1. The van der Waals surface area contributed by atoms with Gasteiger partial charge in [-0.2, -0.15) is 0 Å². The van der Waals surface area contributed by atoms with Crippen molar-refractivity contribution in [3.8, 4) is 11.5 Å². The summed E-state index contributed by atoms with van der Waals surface area (Å²) in [6.07, 6.45) is 4.95. The standard InChI is InChI=1S/C16H25NO2/c1-4-5-11-17-12-7-8-13(17)16-14(18-2)9-6-10-15(16)19-3/h6,9-10,13H,4-5,7-8,11-12H2,1-3H3/t13-/m0/s1. The quantitative estimate of drug-likeness (QED) is 0.782. The topological polar surface area (TPSA) is 21.7 Å². The molecule has 1 saturated heterocycles. The van der Waals surface area contributed by atoms with Crippen LogP contribution in [-0.2, 0) is 0 Å². The van der Waals surface area contributed by atoms with Gasteiger partial charge < -0.3 is 9.47 Å². The predicted molar refractivity (Wildman–Crippen MR) is 78.0 cm³/mol. The number of methoxy groups -OCH3 is 2. The summed E-state index contributed by atoms with van der Waals surface area (Å²) in [5.41, 5.74) is 1.22. The summed E-state index contributed by atoms with van der Waals surface area (Å²) in [6.45, 7) is 4.60. The lowest BCUT2D eigenvalue weighted by Crippen LogP contribution is -2.25. The fourth-order valence-corrected chi connectivity index (χ4v) is 2.99. The molecule has 0 aromatic heterocycles. The van der Waals surface area contributed by atoms with Gasteiger partial charge in [0, 0.05) is 6.04 Å². The smallest absolute Gasteiger partial charge is 0.127 e. The molecule has 1 heterocycles. The van der Waals surface area contributed by atoms with Gasteiger partial charge in [-0.3, -0.25) is 4.90 Å². The molecule has 1 aromatic rings. The number of likely N-dealkylation sites (tertiary alicyclic amines) is 1. The molecule has 0 unspecified atom stereocenters. The molecule has 1 aromatic carbocycles. The van der Waals surface area contributed by atoms with Crippen LogP contribution in [0.15, 0.2) is 18.2 Å². The Morgan fingerprint density at radius 1 is 1.21 bits per heavy atom. The molecule has 0 N–H and O–H groups in total. The van der Waals surface area contributed by atoms with Gasteiger partial charge >= 0.3 is 0 Å². The van der Waals surface area contributed by atoms with E-state index >= 15 is 0 Å². The molecule has 19 heavy (non-hydrogen) atoms. The van der Waals surface area contributed by atoms with Gasteiger partial charge in [0.25, 0.3) is 0 Å². The zero-order chi connectivity index (χ0) is 13.7. The second kappa shape index (κ2) is 6.80. The molecular weight excluding hydrogens is 238 g/mol. The number of nitrogens with zero attached hydrogens (tertiary/aromatic N) is 1. The van der Waals surface area contributed by atoms with Crippen LogP contribution in [0.1, 0.15) is 44.2 Å². The van der Waals surface area contributed by atoms with Crippen LogP contribution >= 0.6 is 0 Å². The highest BCUT2D eigenvalue weighted by Crippen LogP contribution is 2.42. The normalized spacial score (nSPS) is 19.6. The van der Waals surface area contributed by atoms with E-state index in [1.807, 2.05) is 18.2 Å². The Kier molecular flexibility index (Phi) is 5.08. The molecule has 2 rings (SSSR count). The third-order valence-corrected chi connectivity index (χ3v) is 3.96. The van der Waals surface area contributed by atoms with Crippen molar-refractivity contribution in [3.05, 3.63) is 23.8 Å². The Morgan fingerprint density at radius 2 is 1.89 bits per heavy atom. The van der Waals surface area contributed by atoms with Gasteiger partial charge in [0.1, 0.15) is 11.5 Å². The average Bonchev–Trinajstić information content (AvgIpc) is 2.91. The molecule has 1 aliphatic rings. The van der Waals surface area contributed by atoms with E-state index in [4.69, 9.17) is 9.47 Å². The summed E-state index contributed by atoms with van der Waals surface area (Å²) in [4.78, 5) is 2.57. The summed E-state index contributed by atoms with van der Waals surface area (Å²) in [5, 5.41) is 0. The minimum atomic E-state index is 0.442. The van der Waals surface area contributed by atoms with E-state index in [-0.39, 0.29) is 0 Å². The van der Waals surface area contributed by atoms with Crippen molar-refractivity contribution in [2.45, 2.75) is 38.6 Å². The number of ether oxygens (including phenoxy) is 2. The number of rotatable bonds is 6. The summed E-state index contributed by atoms with van der Waals surface area (Å²) >= 11 is 0. The summed E-state index contributed by atoms with van der Waals surface area (Å²) in [6, 6.07) is 6.51. The van der Waals surface area contributed by atoms with Crippen LogP contribution < -0.4 is 9.47 Å². The zero-order valence-electron chi connectivity index (χ0n) is 12.3. The number of unbranched alkanes of at least 4 members (excludes halogenated alkanes) is 1. The summed E-state index contributed by atoms with van der Waals surface area (Å²) < 4.78 is 11.1. The van der Waals surface area contributed by atoms with E-state index in [1.54, 1.807) is 14.2 Å². The van der Waals surface area contributed by atoms with Crippen LogP contribution in [0, 0.1) is 0 Å². The van der Waals surface area contributed by atoms with Gasteiger partial charge in [-0.15, -0.1) is 0 Å². The Labute approximate surface area is 116 Å². The molecular formula is C16H25NO2. The molecule has 1 aliphatic heterocycles. The van der Waals surface area contributed by atoms with Gasteiger partial charge in [-0.1, -0.05) is 19.4 Å². The number of hydrogen-bond acceptors (Lipinski definition) is 3. The van der Waals surface area contributed by atoms with E-state index < -0.39 is 0 Å². The second-order valence-electron chi connectivity index (χ2n) is 5.12. The minimum Gasteiger partial charge on any atom is -0.496 e. The fraction of sp³-hybridized carbons (Fsp3) is 0.625. The first-order valence-corrected chi connectivity index (χ1v) is 7.26. The highest BCUT2D eigenvalue weighted by Gasteiger charge is 2.30. The molecule has 0 amide bonds. The van der Waals surface area contributed by atoms with Crippen molar-refractivity contribution in [1.29, 1.82) is 0 Å². The van der Waals surface area contributed by atoms with Crippen LogP contribution in [0.3, 0.4) is 0 Å². The molecule has 1 fully saturated rings. The number of hydrogen-bond donors (Lipinski definition) is 0. The third kappa shape index (κ3) is 3.03. The van der Waals surface area contributed by atoms with E-state index in [9.17, 15) is 0 Å². The van der Waals surface area contributed by atoms with E-state index in [0.717, 1.165) is 11.5 Å². The first-order chi connectivity index (χ1) is 9.31. The Hall–Kier alpha value is -1.22. The minimum absolute atomic E-state index is 0.442. The largest absolute Gasteiger partial charge is 0.496 e. The van der Waals surface area contributed by atoms with E-state index in [2.05, 4.69) is 11.8 Å². The highest BCUT2D eigenvalue weighted by molar-refractivity contribution is 5.47. The maximum Gasteiger partial charge on any atom is 0.127 e. The Balaban J connectivity index is 2.28. The third-order valence-electron chi connectivity index (χ3n) is 3.96. The van der Waals surface area contributed by atoms with Crippen molar-refractivity contribution in [2.75, 3.05) is 27.3 Å². The lowest BCUT2D eigenvalue weighted by Gasteiger charge is -2.27. The van der Waals surface area contributed by atoms with Crippen molar-refractivity contribution in [2.24, 2.45) is 0 Å². The van der Waals surface area contributed by atoms with E-state index in [0.29, 0.717) is 6.04 Å². The predicted octanol–water partition coefficient (Wildman–Crippen LogP) is 3.64. The zero-order valence-corrected chi connectivity index (χ0v) is 12.3. The van der Waals surface area contributed by atoms with Gasteiger partial charge in [-0.25, -0.2) is 0 Å². The molecule has 0 aliphatic carbocycles. The molecule has 106 valence electrons. The van der Waals surface area contributed by atoms with Gasteiger partial charge in [0.2, 0.25) is 0 Å². The molecule has 0 bridgehead atoms. The van der Waals surface area contributed by atoms with Crippen LogP contribution in [0.2, 0.25) is 0 Å². The summed E-state index contributed by atoms with van der Waals surface area (Å²) in [5.74, 6) is 1.90. The van der Waals surface area contributed by atoms with Crippen LogP contribution in [0.4, 0.5) is 0 Å². The Bertz CT molecular complexity index is 383. The SMILES string of the molecule is CCCCN1CCC[C@H]1c1c(OC)cccc1OC. The molecule has 1 atom stereocenters. The van der Waals surface area contributed by atoms with Crippen LogP contribution in [0.25, 0.3) is 0 Å². The molecule has 3 heteroatoms. The van der Waals surface area contributed by atoms with Gasteiger partial charge in [0.15, 0.2) is 0 Å². The molecule has 0 saturated carbocycles. The van der Waals surface area contributed by atoms with Gasteiger partial charge in [-0.05, 0) is 44.5 Å². The highest BCUT2D eigenvalue weighted by atomic mass is 16.5. The average molecular weight is 263 g/mol. The Morgan fingerprint density at radius 3 is 2.47 bits per heavy atom. The van der Waals surface area contributed by atoms with Crippen LogP contribution in [0.5, 0.6) is 11.5 Å². The molecule has 0 spiro atoms. The van der Waals surface area contributed by atoms with Gasteiger partial charge in [0.05, 0.1) is 19.8 Å². The monoisotopic (exact) mass is 263 g/mol. The maximum atomic E-state index is 5.55. The summed E-state index contributed by atoms with van der Waals surface area (Å²) in [7, 11) is 3.48. The van der Waals surface area contributed by atoms with Crippen molar-refractivity contribution >= 4 is 0 Å². The second-order valence-corrected chi connectivity index (χ2v) is 5.12. The van der Waals surface area contributed by atoms with Crippen molar-refractivity contribution < 1.29 is 9.47 Å². The van der Waals surface area contributed by atoms with Crippen LogP contribution in [-0.4, -0.2) is 32.2 Å². The first kappa shape index (κ1) is 14.2. The lowest BCUT2D eigenvalue weighted by atomic mass is 10.0. The maximum absolute atomic E-state index is 5.55. The first-order valence-electron chi connectivity index (χ1n) is 7.26. The van der Waals surface area contributed by atoms with Crippen molar-refractivity contribution in [3.63, 3.8) is 0 Å². The van der Waals surface area contributed by atoms with E-state index in [1.165, 1.54) is 44.3 Å². The molecule has 0 radical (unpaired) electrons.